The van der Waals surface area contributed by atoms with Crippen molar-refractivity contribution in [2.45, 2.75) is 13.2 Å². The van der Waals surface area contributed by atoms with E-state index in [0.29, 0.717) is 21.3 Å². The van der Waals surface area contributed by atoms with E-state index in [1.54, 1.807) is 36.7 Å². The molecule has 0 aliphatic carbocycles. The van der Waals surface area contributed by atoms with Crippen LogP contribution in [0, 0.1) is 0 Å². The molecule has 2 heterocycles. The van der Waals surface area contributed by atoms with Gasteiger partial charge in [-0.2, -0.15) is 8.78 Å². The van der Waals surface area contributed by atoms with Gasteiger partial charge in [-0.05, 0) is 35.4 Å². The molecule has 1 saturated heterocycles. The molecule has 0 radical (unpaired) electrons. The second-order valence-corrected chi connectivity index (χ2v) is 6.75. The summed E-state index contributed by atoms with van der Waals surface area (Å²) in [6.45, 7) is -2.51. The van der Waals surface area contributed by atoms with Crippen LogP contribution in [0.25, 0.3) is 6.08 Å². The molecule has 25 heavy (non-hydrogen) atoms. The predicted octanol–water partition coefficient (Wildman–Crippen LogP) is 4.08. The second kappa shape index (κ2) is 7.71. The molecular weight excluding hydrogens is 366 g/mol. The third kappa shape index (κ3) is 4.40. The van der Waals surface area contributed by atoms with Gasteiger partial charge in [-0.15, -0.1) is 0 Å². The summed E-state index contributed by atoms with van der Waals surface area (Å²) in [5, 5.41) is 0. The van der Waals surface area contributed by atoms with Crippen molar-refractivity contribution in [1.29, 1.82) is 0 Å². The number of amides is 1. The molecule has 1 aromatic carbocycles. The van der Waals surface area contributed by atoms with Crippen LogP contribution < -0.4 is 4.74 Å². The highest BCUT2D eigenvalue weighted by Crippen LogP contribution is 2.33. The minimum Gasteiger partial charge on any atom is -0.435 e. The third-order valence-electron chi connectivity index (χ3n) is 3.34. The Hall–Kier alpha value is -2.32. The van der Waals surface area contributed by atoms with Crippen molar-refractivity contribution in [2.24, 2.45) is 0 Å². The minimum absolute atomic E-state index is 0.0660. The Kier molecular flexibility index (Phi) is 5.40. The Bertz CT molecular complexity index is 811. The van der Waals surface area contributed by atoms with Crippen molar-refractivity contribution in [1.82, 2.24) is 9.88 Å². The van der Waals surface area contributed by atoms with Gasteiger partial charge >= 0.3 is 6.61 Å². The van der Waals surface area contributed by atoms with Gasteiger partial charge in [0.15, 0.2) is 0 Å². The molecule has 0 saturated carbocycles. The number of carbonyl (C=O) groups excluding carboxylic acids is 1. The van der Waals surface area contributed by atoms with E-state index in [2.05, 4.69) is 9.72 Å². The molecule has 0 N–H and O–H groups in total. The van der Waals surface area contributed by atoms with Crippen molar-refractivity contribution in [3.05, 3.63) is 64.8 Å². The molecule has 128 valence electrons. The van der Waals surface area contributed by atoms with Crippen LogP contribution in [0.4, 0.5) is 8.78 Å². The number of thiocarbonyl (C=S) groups is 1. The van der Waals surface area contributed by atoms with Crippen molar-refractivity contribution in [3.63, 3.8) is 0 Å². The van der Waals surface area contributed by atoms with E-state index in [1.165, 1.54) is 28.8 Å². The Balaban J connectivity index is 1.73. The third-order valence-corrected chi connectivity index (χ3v) is 4.72. The van der Waals surface area contributed by atoms with E-state index in [9.17, 15) is 13.6 Å². The zero-order valence-electron chi connectivity index (χ0n) is 12.8. The van der Waals surface area contributed by atoms with Gasteiger partial charge in [0, 0.05) is 12.4 Å². The molecule has 1 aliphatic rings. The van der Waals surface area contributed by atoms with E-state index in [1.807, 2.05) is 6.07 Å². The van der Waals surface area contributed by atoms with Gasteiger partial charge in [0.05, 0.1) is 11.4 Å². The number of benzene rings is 1. The standard InChI is InChI=1S/C17H12F2N2O2S2/c18-16(19)23-13-5-3-11(4-6-13)8-14-15(22)21(17(24)25-14)10-12-2-1-7-20-9-12/h1-9,16H,10H2. The summed E-state index contributed by atoms with van der Waals surface area (Å²) >= 11 is 6.49. The molecule has 0 unspecified atom stereocenters. The van der Waals surface area contributed by atoms with Crippen LogP contribution in [0.15, 0.2) is 53.7 Å². The molecule has 3 rings (SSSR count). The molecule has 4 nitrogen and oxygen atoms in total. The minimum atomic E-state index is -2.87. The van der Waals surface area contributed by atoms with Gasteiger partial charge in [0.25, 0.3) is 5.91 Å². The average Bonchev–Trinajstić information content (AvgIpc) is 2.85. The maximum Gasteiger partial charge on any atom is 0.387 e. The average molecular weight is 378 g/mol. The van der Waals surface area contributed by atoms with E-state index in [-0.39, 0.29) is 11.7 Å². The van der Waals surface area contributed by atoms with Crippen molar-refractivity contribution in [3.8, 4) is 5.75 Å². The zero-order chi connectivity index (χ0) is 17.8. The first-order valence-corrected chi connectivity index (χ1v) is 8.44. The summed E-state index contributed by atoms with van der Waals surface area (Å²) in [6, 6.07) is 9.72. The highest BCUT2D eigenvalue weighted by Gasteiger charge is 2.31. The van der Waals surface area contributed by atoms with E-state index < -0.39 is 6.61 Å². The van der Waals surface area contributed by atoms with Crippen LogP contribution in [-0.4, -0.2) is 26.7 Å². The van der Waals surface area contributed by atoms with Crippen LogP contribution in [0.1, 0.15) is 11.1 Å². The summed E-state index contributed by atoms with van der Waals surface area (Å²) in [6.07, 6.45) is 5.02. The second-order valence-electron chi connectivity index (χ2n) is 5.08. The summed E-state index contributed by atoms with van der Waals surface area (Å²) in [4.78, 5) is 18.6. The van der Waals surface area contributed by atoms with Crippen LogP contribution >= 0.6 is 24.0 Å². The molecule has 1 amide bonds. The molecule has 0 spiro atoms. The fourth-order valence-electron chi connectivity index (χ4n) is 2.21. The molecule has 1 fully saturated rings. The Morgan fingerprint density at radius 3 is 2.68 bits per heavy atom. The lowest BCUT2D eigenvalue weighted by Crippen LogP contribution is -2.27. The molecule has 2 aromatic rings. The highest BCUT2D eigenvalue weighted by atomic mass is 32.2. The number of nitrogens with zero attached hydrogens (tertiary/aromatic N) is 2. The number of hydrogen-bond acceptors (Lipinski definition) is 5. The van der Waals surface area contributed by atoms with Gasteiger partial charge in [-0.3, -0.25) is 14.7 Å². The summed E-state index contributed by atoms with van der Waals surface area (Å²) in [7, 11) is 0. The SMILES string of the molecule is O=C1C(=Cc2ccc(OC(F)F)cc2)SC(=S)N1Cc1cccnc1. The maximum absolute atomic E-state index is 12.5. The Labute approximate surface area is 152 Å². The number of aromatic nitrogens is 1. The predicted molar refractivity (Wildman–Crippen MR) is 96.0 cm³/mol. The maximum atomic E-state index is 12.5. The number of thioether (sulfide) groups is 1. The lowest BCUT2D eigenvalue weighted by atomic mass is 10.2. The van der Waals surface area contributed by atoms with Gasteiger partial charge < -0.3 is 4.74 Å². The smallest absolute Gasteiger partial charge is 0.387 e. The monoisotopic (exact) mass is 378 g/mol. The van der Waals surface area contributed by atoms with Gasteiger partial charge in [-0.25, -0.2) is 0 Å². The number of rotatable bonds is 5. The first-order chi connectivity index (χ1) is 12.0. The van der Waals surface area contributed by atoms with E-state index in [0.717, 1.165) is 5.56 Å². The van der Waals surface area contributed by atoms with Crippen LogP contribution in [0.3, 0.4) is 0 Å². The lowest BCUT2D eigenvalue weighted by molar-refractivity contribution is -0.122. The highest BCUT2D eigenvalue weighted by molar-refractivity contribution is 8.26. The van der Waals surface area contributed by atoms with Crippen molar-refractivity contribution >= 4 is 40.3 Å². The van der Waals surface area contributed by atoms with E-state index >= 15 is 0 Å². The molecule has 1 aromatic heterocycles. The van der Waals surface area contributed by atoms with Gasteiger partial charge in [0.1, 0.15) is 10.1 Å². The van der Waals surface area contributed by atoms with Crippen molar-refractivity contribution in [2.75, 3.05) is 0 Å². The number of hydrogen-bond donors (Lipinski definition) is 0. The number of pyridine rings is 1. The fourth-order valence-corrected chi connectivity index (χ4v) is 3.46. The molecule has 0 bridgehead atoms. The van der Waals surface area contributed by atoms with Crippen molar-refractivity contribution < 1.29 is 18.3 Å². The van der Waals surface area contributed by atoms with Crippen LogP contribution in [-0.2, 0) is 11.3 Å². The number of halogens is 2. The fraction of sp³-hybridized carbons (Fsp3) is 0.118. The number of carbonyl (C=O) groups is 1. The number of ether oxygens (including phenoxy) is 1. The topological polar surface area (TPSA) is 42.4 Å². The molecule has 0 atom stereocenters. The molecule has 1 aliphatic heterocycles. The molecule has 8 heteroatoms. The number of alkyl halides is 2. The Morgan fingerprint density at radius 1 is 1.28 bits per heavy atom. The summed E-state index contributed by atoms with van der Waals surface area (Å²) in [5.74, 6) is -0.122. The van der Waals surface area contributed by atoms with Crippen LogP contribution in [0.2, 0.25) is 0 Å². The summed E-state index contributed by atoms with van der Waals surface area (Å²) in [5.41, 5.74) is 1.58. The van der Waals surface area contributed by atoms with E-state index in [4.69, 9.17) is 12.2 Å². The van der Waals surface area contributed by atoms with Gasteiger partial charge in [0.2, 0.25) is 0 Å². The molecular formula is C17H12F2N2O2S2. The lowest BCUT2D eigenvalue weighted by Gasteiger charge is -2.13. The summed E-state index contributed by atoms with van der Waals surface area (Å²) < 4.78 is 29.1. The normalized spacial score (nSPS) is 16.1. The first kappa shape index (κ1) is 17.5. The van der Waals surface area contributed by atoms with Crippen LogP contribution in [0.5, 0.6) is 5.75 Å². The quantitative estimate of drug-likeness (QED) is 0.579. The largest absolute Gasteiger partial charge is 0.435 e. The first-order valence-electron chi connectivity index (χ1n) is 7.22. The van der Waals surface area contributed by atoms with Gasteiger partial charge in [-0.1, -0.05) is 42.2 Å². The zero-order valence-corrected chi connectivity index (χ0v) is 14.4. The Morgan fingerprint density at radius 2 is 2.04 bits per heavy atom.